The zero-order chi connectivity index (χ0) is 45.9. The van der Waals surface area contributed by atoms with E-state index in [-0.39, 0.29) is 0 Å². The lowest BCUT2D eigenvalue weighted by Gasteiger charge is -2.10. The van der Waals surface area contributed by atoms with Crippen LogP contribution in [0, 0.1) is 0 Å². The normalized spacial score (nSPS) is 12.0. The largest absolute Gasteiger partial charge is 0.309 e. The molecule has 0 aliphatic carbocycles. The third-order valence-electron chi connectivity index (χ3n) is 14.0. The van der Waals surface area contributed by atoms with Crippen LogP contribution in [0.3, 0.4) is 0 Å². The molecule has 0 spiro atoms. The Morgan fingerprint density at radius 3 is 1.54 bits per heavy atom. The maximum Gasteiger partial charge on any atom is 0.164 e. The van der Waals surface area contributed by atoms with Gasteiger partial charge in [0.2, 0.25) is 0 Å². The van der Waals surface area contributed by atoms with Gasteiger partial charge in [0.1, 0.15) is 0 Å². The molecule has 0 unspecified atom stereocenters. The fourth-order valence-electron chi connectivity index (χ4n) is 10.8. The van der Waals surface area contributed by atoms with Crippen molar-refractivity contribution in [1.82, 2.24) is 24.1 Å². The molecule has 10 aromatic carbocycles. The SMILES string of the molecule is c1ccc(-c2nc(-c3ccccc3)nc(-c3ccc4sc5ccc(-n6c7ccccc7c7cc(-c8cccc9c8sc8c9ccc9c%10ccccc%10n(-c%10ccccc%10)c98)ccc76)cc5c4c3)n2)cc1. The van der Waals surface area contributed by atoms with Crippen molar-refractivity contribution in [2.45, 2.75) is 0 Å². The van der Waals surface area contributed by atoms with E-state index in [1.54, 1.807) is 0 Å². The molecule has 7 heteroatoms. The van der Waals surface area contributed by atoms with Crippen molar-refractivity contribution < 1.29 is 0 Å². The van der Waals surface area contributed by atoms with Crippen molar-refractivity contribution in [3.63, 3.8) is 0 Å². The maximum atomic E-state index is 5.07. The molecule has 0 fully saturated rings. The minimum absolute atomic E-state index is 0.651. The molecule has 0 atom stereocenters. The van der Waals surface area contributed by atoms with Crippen molar-refractivity contribution >= 4 is 107 Å². The molecular weight excluding hydrogens is 891 g/mol. The van der Waals surface area contributed by atoms with E-state index in [1.165, 1.54) is 101 Å². The first-order chi connectivity index (χ1) is 34.7. The Labute approximate surface area is 409 Å². The van der Waals surface area contributed by atoms with E-state index in [9.17, 15) is 0 Å². The van der Waals surface area contributed by atoms with Crippen molar-refractivity contribution in [3.8, 4) is 56.7 Å². The first-order valence-corrected chi connectivity index (χ1v) is 25.1. The molecule has 15 rings (SSSR count). The Kier molecular flexibility index (Phi) is 8.63. The summed E-state index contributed by atoms with van der Waals surface area (Å²) in [5, 5.41) is 9.98. The number of aromatic nitrogens is 5. The molecule has 0 radical (unpaired) electrons. The van der Waals surface area contributed by atoms with Crippen molar-refractivity contribution in [2.75, 3.05) is 0 Å². The average molecular weight is 928 g/mol. The van der Waals surface area contributed by atoms with E-state index in [1.807, 2.05) is 59.1 Å². The minimum atomic E-state index is 0.651. The molecule has 0 saturated heterocycles. The Hall–Kier alpha value is -8.75. The van der Waals surface area contributed by atoms with Crippen LogP contribution in [0.5, 0.6) is 0 Å². The highest BCUT2D eigenvalue weighted by Gasteiger charge is 2.21. The van der Waals surface area contributed by atoms with Gasteiger partial charge in [-0.25, -0.2) is 15.0 Å². The summed E-state index contributed by atoms with van der Waals surface area (Å²) in [6, 6.07) is 80.8. The number of hydrogen-bond acceptors (Lipinski definition) is 5. The lowest BCUT2D eigenvalue weighted by atomic mass is 10.0. The van der Waals surface area contributed by atoms with Gasteiger partial charge in [0.05, 0.1) is 26.8 Å². The van der Waals surface area contributed by atoms with Crippen molar-refractivity contribution in [2.24, 2.45) is 0 Å². The molecule has 15 aromatic rings. The number of thiophene rings is 2. The predicted molar refractivity (Wildman–Crippen MR) is 296 cm³/mol. The minimum Gasteiger partial charge on any atom is -0.309 e. The highest BCUT2D eigenvalue weighted by atomic mass is 32.1. The zero-order valence-corrected chi connectivity index (χ0v) is 39.0. The topological polar surface area (TPSA) is 48.5 Å². The number of rotatable bonds is 6. The first kappa shape index (κ1) is 39.3. The van der Waals surface area contributed by atoms with E-state index in [2.05, 4.69) is 197 Å². The molecule has 5 heterocycles. The summed E-state index contributed by atoms with van der Waals surface area (Å²) in [5.74, 6) is 1.96. The van der Waals surface area contributed by atoms with Gasteiger partial charge in [0.25, 0.3) is 0 Å². The summed E-state index contributed by atoms with van der Waals surface area (Å²) >= 11 is 3.73. The van der Waals surface area contributed by atoms with E-state index < -0.39 is 0 Å². The van der Waals surface area contributed by atoms with E-state index in [4.69, 9.17) is 15.0 Å². The van der Waals surface area contributed by atoms with Gasteiger partial charge >= 0.3 is 0 Å². The molecule has 326 valence electrons. The Morgan fingerprint density at radius 1 is 0.286 bits per heavy atom. The summed E-state index contributed by atoms with van der Waals surface area (Å²) in [6.45, 7) is 0. The van der Waals surface area contributed by atoms with Crippen LogP contribution in [0.4, 0.5) is 0 Å². The van der Waals surface area contributed by atoms with Crippen LogP contribution in [0.25, 0.3) is 141 Å². The Balaban J connectivity index is 0.877. The fraction of sp³-hybridized carbons (Fsp3) is 0. The standard InChI is InChI=1S/C63H37N5S2/c1-4-15-38(16-5-1)61-64-62(39-17-6-2-7-18-39)66-63(65-61)41-28-33-56-51(36-41)52-37-43(29-34-57(52)69-56)67-53-25-12-11-22-46(53)50-35-40(27-32-55(50)67)44-23-14-24-48-49-31-30-47-45-21-10-13-26-54(45)68(42-19-8-3-9-20-42)58(47)60(49)70-59(44)48/h1-37H. The molecule has 0 saturated carbocycles. The number of fused-ring (bicyclic) bond motifs is 13. The maximum absolute atomic E-state index is 5.07. The average Bonchev–Trinajstić information content (AvgIpc) is 4.19. The van der Waals surface area contributed by atoms with Gasteiger partial charge in [0, 0.05) is 85.3 Å². The van der Waals surface area contributed by atoms with Crippen LogP contribution < -0.4 is 0 Å². The van der Waals surface area contributed by atoms with Gasteiger partial charge in [-0.1, -0.05) is 152 Å². The highest BCUT2D eigenvalue weighted by Crippen LogP contribution is 2.47. The van der Waals surface area contributed by atoms with Crippen LogP contribution in [0.1, 0.15) is 0 Å². The zero-order valence-electron chi connectivity index (χ0n) is 37.4. The molecule has 0 aliphatic rings. The molecular formula is C63H37N5S2. The number of hydrogen-bond donors (Lipinski definition) is 0. The molecule has 70 heavy (non-hydrogen) atoms. The second-order valence-electron chi connectivity index (χ2n) is 17.9. The third-order valence-corrected chi connectivity index (χ3v) is 16.4. The second-order valence-corrected chi connectivity index (χ2v) is 20.0. The van der Waals surface area contributed by atoms with Gasteiger partial charge in [-0.2, -0.15) is 0 Å². The van der Waals surface area contributed by atoms with Gasteiger partial charge in [-0.3, -0.25) is 0 Å². The molecule has 5 nitrogen and oxygen atoms in total. The van der Waals surface area contributed by atoms with Crippen LogP contribution >= 0.6 is 22.7 Å². The predicted octanol–water partition coefficient (Wildman–Crippen LogP) is 17.5. The molecule has 5 aromatic heterocycles. The van der Waals surface area contributed by atoms with Gasteiger partial charge in [-0.05, 0) is 83.9 Å². The summed E-state index contributed by atoms with van der Waals surface area (Å²) in [7, 11) is 0. The lowest BCUT2D eigenvalue weighted by molar-refractivity contribution is 1.07. The second kappa shape index (κ2) is 15.4. The fourth-order valence-corrected chi connectivity index (χ4v) is 13.2. The molecule has 0 N–H and O–H groups in total. The van der Waals surface area contributed by atoms with Crippen LogP contribution in [0.15, 0.2) is 224 Å². The Morgan fingerprint density at radius 2 is 0.814 bits per heavy atom. The van der Waals surface area contributed by atoms with Crippen LogP contribution in [0.2, 0.25) is 0 Å². The summed E-state index contributed by atoms with van der Waals surface area (Å²) < 4.78 is 9.96. The van der Waals surface area contributed by atoms with Gasteiger partial charge in [0.15, 0.2) is 17.5 Å². The molecule has 0 amide bonds. The Bertz CT molecular complexity index is 4530. The van der Waals surface area contributed by atoms with Gasteiger partial charge < -0.3 is 9.13 Å². The summed E-state index contributed by atoms with van der Waals surface area (Å²) in [4.78, 5) is 15.1. The van der Waals surface area contributed by atoms with Crippen LogP contribution in [-0.2, 0) is 0 Å². The quantitative estimate of drug-likeness (QED) is 0.167. The van der Waals surface area contributed by atoms with Gasteiger partial charge in [-0.15, -0.1) is 22.7 Å². The van der Waals surface area contributed by atoms with Crippen LogP contribution in [-0.4, -0.2) is 24.1 Å². The number of benzene rings is 10. The summed E-state index contributed by atoms with van der Waals surface area (Å²) in [6.07, 6.45) is 0. The molecule has 0 aliphatic heterocycles. The van der Waals surface area contributed by atoms with Crippen molar-refractivity contribution in [1.29, 1.82) is 0 Å². The van der Waals surface area contributed by atoms with E-state index >= 15 is 0 Å². The highest BCUT2D eigenvalue weighted by molar-refractivity contribution is 7.27. The monoisotopic (exact) mass is 927 g/mol. The number of para-hydroxylation sites is 3. The summed E-state index contributed by atoms with van der Waals surface area (Å²) in [5.41, 5.74) is 12.5. The lowest BCUT2D eigenvalue weighted by Crippen LogP contribution is -2.00. The molecule has 0 bridgehead atoms. The van der Waals surface area contributed by atoms with Crippen molar-refractivity contribution in [3.05, 3.63) is 224 Å². The first-order valence-electron chi connectivity index (χ1n) is 23.5. The third kappa shape index (κ3) is 5.99. The smallest absolute Gasteiger partial charge is 0.164 e. The van der Waals surface area contributed by atoms with E-state index in [0.29, 0.717) is 17.5 Å². The van der Waals surface area contributed by atoms with E-state index in [0.717, 1.165) is 22.4 Å². The number of nitrogens with zero attached hydrogens (tertiary/aromatic N) is 5.